The maximum Gasteiger partial charge on any atom is 0.346 e. The van der Waals surface area contributed by atoms with Crippen molar-refractivity contribution in [2.24, 2.45) is 0 Å². The topological polar surface area (TPSA) is 60.8 Å². The van der Waals surface area contributed by atoms with Gasteiger partial charge < -0.3 is 10.2 Å². The van der Waals surface area contributed by atoms with E-state index >= 15 is 0 Å². The number of carboxylic acid groups (broad SMARTS) is 1. The summed E-state index contributed by atoms with van der Waals surface area (Å²) in [5.41, 5.74) is 0.313. The molecule has 2 rings (SSSR count). The van der Waals surface area contributed by atoms with Gasteiger partial charge in [-0.1, -0.05) is 0 Å². The maximum atomic E-state index is 11.0. The first-order valence-electron chi connectivity index (χ1n) is 6.22. The molecule has 1 unspecified atom stereocenters. The molecule has 1 saturated heterocycles. The molecule has 1 aromatic heterocycles. The van der Waals surface area contributed by atoms with Crippen LogP contribution in [0.1, 0.15) is 41.4 Å². The van der Waals surface area contributed by atoms with Crippen molar-refractivity contribution in [2.45, 2.75) is 38.3 Å². The standard InChI is InChI=1S/C13H19NO3S/c1-13(17)4-2-6-14(7-5-13)9-10-3-8-18-11(10)12(15)16/h3,8,17H,2,4-7,9H2,1H3,(H,15,16). The average molecular weight is 269 g/mol. The minimum Gasteiger partial charge on any atom is -0.477 e. The summed E-state index contributed by atoms with van der Waals surface area (Å²) in [7, 11) is 0. The molecule has 1 aliphatic heterocycles. The highest BCUT2D eigenvalue weighted by atomic mass is 32.1. The molecule has 0 amide bonds. The van der Waals surface area contributed by atoms with Gasteiger partial charge in [0.15, 0.2) is 0 Å². The predicted octanol–water partition coefficient (Wildman–Crippen LogP) is 2.18. The van der Waals surface area contributed by atoms with E-state index < -0.39 is 11.6 Å². The third-order valence-electron chi connectivity index (χ3n) is 3.49. The summed E-state index contributed by atoms with van der Waals surface area (Å²) in [5.74, 6) is -0.846. The van der Waals surface area contributed by atoms with E-state index in [1.165, 1.54) is 11.3 Å². The van der Waals surface area contributed by atoms with Gasteiger partial charge in [-0.25, -0.2) is 4.79 Å². The van der Waals surface area contributed by atoms with Crippen LogP contribution in [0.25, 0.3) is 0 Å². The highest BCUT2D eigenvalue weighted by Crippen LogP contribution is 2.24. The van der Waals surface area contributed by atoms with Gasteiger partial charge in [-0.2, -0.15) is 0 Å². The van der Waals surface area contributed by atoms with Crippen LogP contribution in [0.15, 0.2) is 11.4 Å². The molecule has 0 aliphatic carbocycles. The van der Waals surface area contributed by atoms with E-state index in [0.29, 0.717) is 11.4 Å². The van der Waals surface area contributed by atoms with Gasteiger partial charge >= 0.3 is 5.97 Å². The average Bonchev–Trinajstić information content (AvgIpc) is 2.66. The minimum atomic E-state index is -0.846. The maximum absolute atomic E-state index is 11.0. The Morgan fingerprint density at radius 3 is 3.00 bits per heavy atom. The van der Waals surface area contributed by atoms with Gasteiger partial charge in [0.2, 0.25) is 0 Å². The van der Waals surface area contributed by atoms with Gasteiger partial charge in [0, 0.05) is 13.1 Å². The van der Waals surface area contributed by atoms with Crippen LogP contribution in [-0.2, 0) is 6.54 Å². The van der Waals surface area contributed by atoms with Gasteiger partial charge in [-0.15, -0.1) is 11.3 Å². The molecule has 0 radical (unpaired) electrons. The van der Waals surface area contributed by atoms with Crippen molar-refractivity contribution in [1.82, 2.24) is 4.90 Å². The Labute approximate surface area is 111 Å². The zero-order chi connectivity index (χ0) is 13.2. The van der Waals surface area contributed by atoms with Gasteiger partial charge in [0.25, 0.3) is 0 Å². The SMILES string of the molecule is CC1(O)CCCN(Cc2ccsc2C(=O)O)CC1. The van der Waals surface area contributed by atoms with Gasteiger partial charge in [0.1, 0.15) is 4.88 Å². The molecule has 18 heavy (non-hydrogen) atoms. The second-order valence-electron chi connectivity index (χ2n) is 5.21. The molecule has 1 fully saturated rings. The van der Waals surface area contributed by atoms with Gasteiger partial charge in [-0.05, 0) is 49.7 Å². The number of carbonyl (C=O) groups is 1. The van der Waals surface area contributed by atoms with Crippen molar-refractivity contribution in [3.05, 3.63) is 21.9 Å². The van der Waals surface area contributed by atoms with Crippen molar-refractivity contribution in [2.75, 3.05) is 13.1 Å². The van der Waals surface area contributed by atoms with Gasteiger partial charge in [0.05, 0.1) is 5.60 Å². The second kappa shape index (κ2) is 5.38. The van der Waals surface area contributed by atoms with Crippen LogP contribution < -0.4 is 0 Å². The van der Waals surface area contributed by atoms with Crippen LogP contribution in [0.2, 0.25) is 0 Å². The van der Waals surface area contributed by atoms with Crippen LogP contribution in [0.5, 0.6) is 0 Å². The summed E-state index contributed by atoms with van der Waals surface area (Å²) < 4.78 is 0. The summed E-state index contributed by atoms with van der Waals surface area (Å²) in [6, 6.07) is 1.89. The van der Waals surface area contributed by atoms with Crippen molar-refractivity contribution < 1.29 is 15.0 Å². The first-order valence-corrected chi connectivity index (χ1v) is 7.10. The zero-order valence-corrected chi connectivity index (χ0v) is 11.4. The summed E-state index contributed by atoms with van der Waals surface area (Å²) >= 11 is 1.28. The first kappa shape index (κ1) is 13.5. The highest BCUT2D eigenvalue weighted by Gasteiger charge is 2.25. The number of carboxylic acids is 1. The van der Waals surface area contributed by atoms with Crippen LogP contribution in [-0.4, -0.2) is 39.8 Å². The molecule has 1 aromatic rings. The number of thiophene rings is 1. The van der Waals surface area contributed by atoms with E-state index in [-0.39, 0.29) is 0 Å². The summed E-state index contributed by atoms with van der Waals surface area (Å²) in [4.78, 5) is 13.7. The minimum absolute atomic E-state index is 0.436. The van der Waals surface area contributed by atoms with Crippen LogP contribution in [0.3, 0.4) is 0 Å². The Balaban J connectivity index is 2.01. The third kappa shape index (κ3) is 3.31. The molecule has 1 aliphatic rings. The summed E-state index contributed by atoms with van der Waals surface area (Å²) in [5, 5.41) is 20.9. The molecule has 0 saturated carbocycles. The Hall–Kier alpha value is -0.910. The number of nitrogens with zero attached hydrogens (tertiary/aromatic N) is 1. The lowest BCUT2D eigenvalue weighted by Crippen LogP contribution is -2.28. The van der Waals surface area contributed by atoms with Crippen molar-refractivity contribution in [1.29, 1.82) is 0 Å². The van der Waals surface area contributed by atoms with E-state index in [1.54, 1.807) is 0 Å². The Kier molecular flexibility index (Phi) is 4.04. The summed E-state index contributed by atoms with van der Waals surface area (Å²) in [6.07, 6.45) is 2.53. The number of aromatic carboxylic acids is 1. The van der Waals surface area contributed by atoms with Crippen molar-refractivity contribution in [3.63, 3.8) is 0 Å². The number of hydrogen-bond acceptors (Lipinski definition) is 4. The number of rotatable bonds is 3. The number of hydrogen-bond donors (Lipinski definition) is 2. The Morgan fingerprint density at radius 1 is 1.50 bits per heavy atom. The number of likely N-dealkylation sites (tertiary alicyclic amines) is 1. The highest BCUT2D eigenvalue weighted by molar-refractivity contribution is 7.12. The fraction of sp³-hybridized carbons (Fsp3) is 0.615. The molecule has 5 heteroatoms. The Bertz CT molecular complexity index is 428. The lowest BCUT2D eigenvalue weighted by Gasteiger charge is -2.22. The van der Waals surface area contributed by atoms with Crippen molar-refractivity contribution in [3.8, 4) is 0 Å². The molecule has 0 bridgehead atoms. The predicted molar refractivity (Wildman–Crippen MR) is 71.0 cm³/mol. The lowest BCUT2D eigenvalue weighted by atomic mass is 9.98. The van der Waals surface area contributed by atoms with Crippen LogP contribution >= 0.6 is 11.3 Å². The van der Waals surface area contributed by atoms with Crippen LogP contribution in [0, 0.1) is 0 Å². The zero-order valence-electron chi connectivity index (χ0n) is 10.6. The van der Waals surface area contributed by atoms with E-state index in [2.05, 4.69) is 4.90 Å². The van der Waals surface area contributed by atoms with E-state index in [4.69, 9.17) is 5.11 Å². The Morgan fingerprint density at radius 2 is 2.28 bits per heavy atom. The molecule has 0 aromatic carbocycles. The monoisotopic (exact) mass is 269 g/mol. The smallest absolute Gasteiger partial charge is 0.346 e. The largest absolute Gasteiger partial charge is 0.477 e. The fourth-order valence-corrected chi connectivity index (χ4v) is 3.12. The van der Waals surface area contributed by atoms with Crippen LogP contribution in [0.4, 0.5) is 0 Å². The molecule has 2 N–H and O–H groups in total. The molecular weight excluding hydrogens is 250 g/mol. The lowest BCUT2D eigenvalue weighted by molar-refractivity contribution is 0.0443. The molecule has 1 atom stereocenters. The van der Waals surface area contributed by atoms with E-state index in [1.807, 2.05) is 18.4 Å². The fourth-order valence-electron chi connectivity index (χ4n) is 2.37. The van der Waals surface area contributed by atoms with E-state index in [0.717, 1.165) is 37.9 Å². The third-order valence-corrected chi connectivity index (χ3v) is 4.44. The van der Waals surface area contributed by atoms with Gasteiger partial charge in [-0.3, -0.25) is 4.90 Å². The quantitative estimate of drug-likeness (QED) is 0.883. The molecule has 4 nitrogen and oxygen atoms in total. The normalized spacial score (nSPS) is 25.9. The molecule has 100 valence electrons. The first-order chi connectivity index (χ1) is 8.48. The second-order valence-corrected chi connectivity index (χ2v) is 6.12. The molecular formula is C13H19NO3S. The molecule has 0 spiro atoms. The van der Waals surface area contributed by atoms with E-state index in [9.17, 15) is 9.90 Å². The number of aliphatic hydroxyl groups is 1. The summed E-state index contributed by atoms with van der Waals surface area (Å²) in [6.45, 7) is 4.29. The molecule has 2 heterocycles. The van der Waals surface area contributed by atoms with Crippen molar-refractivity contribution >= 4 is 17.3 Å².